The summed E-state index contributed by atoms with van der Waals surface area (Å²) >= 11 is 0. The highest BCUT2D eigenvalue weighted by Crippen LogP contribution is 2.37. The molecule has 1 heterocycles. The second kappa shape index (κ2) is 5.76. The van der Waals surface area contributed by atoms with Crippen molar-refractivity contribution in [3.8, 4) is 6.07 Å². The van der Waals surface area contributed by atoms with Crippen molar-refractivity contribution in [2.45, 2.75) is 42.7 Å². The fraction of sp³-hybridized carbons (Fsp3) is 0.533. The van der Waals surface area contributed by atoms with Crippen molar-refractivity contribution in [1.82, 2.24) is 4.31 Å². The van der Waals surface area contributed by atoms with Gasteiger partial charge in [-0.2, -0.15) is 9.57 Å². The fourth-order valence-electron chi connectivity index (χ4n) is 2.86. The van der Waals surface area contributed by atoms with Gasteiger partial charge in [0.1, 0.15) is 6.07 Å². The average molecular weight is 306 g/mol. The number of ether oxygens (including phenoxy) is 1. The Balaban J connectivity index is 1.99. The normalized spacial score (nSPS) is 20.4. The van der Waals surface area contributed by atoms with Gasteiger partial charge in [-0.15, -0.1) is 0 Å². The van der Waals surface area contributed by atoms with E-state index in [1.807, 2.05) is 6.07 Å². The van der Waals surface area contributed by atoms with Gasteiger partial charge in [-0.3, -0.25) is 0 Å². The van der Waals surface area contributed by atoms with E-state index in [0.29, 0.717) is 13.2 Å². The van der Waals surface area contributed by atoms with Gasteiger partial charge in [0.25, 0.3) is 0 Å². The molecule has 0 spiro atoms. The molecule has 2 fully saturated rings. The summed E-state index contributed by atoms with van der Waals surface area (Å²) in [6.45, 7) is 1.20. The standard InChI is InChI=1S/C15H18N2O3S/c16-11-12-3-1-2-4-15(12)21(18,19)17(13-5-6-13)14-7-9-20-10-8-14/h1-4,13-14H,5-10H2. The lowest BCUT2D eigenvalue weighted by molar-refractivity contribution is 0.0569. The second-order valence-corrected chi connectivity index (χ2v) is 7.33. The molecule has 1 aromatic rings. The largest absolute Gasteiger partial charge is 0.381 e. The third kappa shape index (κ3) is 2.82. The molecule has 1 aromatic carbocycles. The van der Waals surface area contributed by atoms with Gasteiger partial charge in [0, 0.05) is 25.3 Å². The summed E-state index contributed by atoms with van der Waals surface area (Å²) in [5, 5.41) is 9.18. The van der Waals surface area contributed by atoms with E-state index >= 15 is 0 Å². The van der Waals surface area contributed by atoms with Crippen molar-refractivity contribution in [2.24, 2.45) is 0 Å². The van der Waals surface area contributed by atoms with Gasteiger partial charge in [0.2, 0.25) is 10.0 Å². The van der Waals surface area contributed by atoms with E-state index in [4.69, 9.17) is 4.74 Å². The second-order valence-electron chi connectivity index (χ2n) is 5.52. The molecular weight excluding hydrogens is 288 g/mol. The number of benzene rings is 1. The van der Waals surface area contributed by atoms with Crippen molar-refractivity contribution in [1.29, 1.82) is 5.26 Å². The molecule has 6 heteroatoms. The number of rotatable bonds is 4. The first-order valence-corrected chi connectivity index (χ1v) is 8.69. The molecule has 0 N–H and O–H groups in total. The van der Waals surface area contributed by atoms with Gasteiger partial charge in [-0.25, -0.2) is 8.42 Å². The minimum atomic E-state index is -3.62. The van der Waals surface area contributed by atoms with Gasteiger partial charge in [0.05, 0.1) is 10.5 Å². The summed E-state index contributed by atoms with van der Waals surface area (Å²) in [6.07, 6.45) is 3.27. The Morgan fingerprint density at radius 1 is 1.10 bits per heavy atom. The molecule has 3 rings (SSSR count). The molecule has 0 amide bonds. The van der Waals surface area contributed by atoms with Gasteiger partial charge >= 0.3 is 0 Å². The third-order valence-electron chi connectivity index (χ3n) is 4.02. The van der Waals surface area contributed by atoms with Crippen molar-refractivity contribution >= 4 is 10.0 Å². The highest BCUT2D eigenvalue weighted by molar-refractivity contribution is 7.89. The van der Waals surface area contributed by atoms with Crippen molar-refractivity contribution in [3.63, 3.8) is 0 Å². The molecule has 1 aliphatic carbocycles. The van der Waals surface area contributed by atoms with Gasteiger partial charge in [-0.1, -0.05) is 12.1 Å². The fourth-order valence-corrected chi connectivity index (χ4v) is 4.93. The van der Waals surface area contributed by atoms with Crippen LogP contribution in [0.3, 0.4) is 0 Å². The van der Waals surface area contributed by atoms with E-state index in [1.54, 1.807) is 22.5 Å². The van der Waals surface area contributed by atoms with Crippen molar-refractivity contribution < 1.29 is 13.2 Å². The SMILES string of the molecule is N#Cc1ccccc1S(=O)(=O)N(C1CCOCC1)C1CC1. The summed E-state index contributed by atoms with van der Waals surface area (Å²) < 4.78 is 33.0. The molecule has 21 heavy (non-hydrogen) atoms. The zero-order valence-electron chi connectivity index (χ0n) is 11.7. The van der Waals surface area contributed by atoms with Crippen LogP contribution in [0.25, 0.3) is 0 Å². The van der Waals surface area contributed by atoms with E-state index in [-0.39, 0.29) is 22.5 Å². The maximum Gasteiger partial charge on any atom is 0.244 e. The first-order valence-electron chi connectivity index (χ1n) is 7.25. The Morgan fingerprint density at radius 3 is 2.33 bits per heavy atom. The molecule has 2 aliphatic rings. The highest BCUT2D eigenvalue weighted by Gasteiger charge is 2.43. The van der Waals surface area contributed by atoms with Crippen molar-refractivity contribution in [3.05, 3.63) is 29.8 Å². The highest BCUT2D eigenvalue weighted by atomic mass is 32.2. The lowest BCUT2D eigenvalue weighted by Gasteiger charge is -2.33. The maximum atomic E-state index is 13.0. The Hall–Kier alpha value is -1.42. The minimum absolute atomic E-state index is 0.0111. The predicted octanol–water partition coefficient (Wildman–Crippen LogP) is 1.89. The zero-order valence-corrected chi connectivity index (χ0v) is 12.6. The van der Waals surface area contributed by atoms with Crippen LogP contribution in [0.5, 0.6) is 0 Å². The smallest absolute Gasteiger partial charge is 0.244 e. The van der Waals surface area contributed by atoms with Crippen LogP contribution >= 0.6 is 0 Å². The quantitative estimate of drug-likeness (QED) is 0.851. The molecule has 0 radical (unpaired) electrons. The van der Waals surface area contributed by atoms with Gasteiger partial charge in [-0.05, 0) is 37.8 Å². The van der Waals surface area contributed by atoms with E-state index in [2.05, 4.69) is 0 Å². The Bertz CT molecular complexity index is 656. The third-order valence-corrected chi connectivity index (χ3v) is 6.08. The summed E-state index contributed by atoms with van der Waals surface area (Å²) in [7, 11) is -3.62. The van der Waals surface area contributed by atoms with E-state index in [0.717, 1.165) is 25.7 Å². The van der Waals surface area contributed by atoms with E-state index in [1.165, 1.54) is 6.07 Å². The Kier molecular flexibility index (Phi) is 3.98. The summed E-state index contributed by atoms with van der Waals surface area (Å²) in [6, 6.07) is 8.51. The molecule has 112 valence electrons. The van der Waals surface area contributed by atoms with E-state index in [9.17, 15) is 13.7 Å². The zero-order chi connectivity index (χ0) is 14.9. The molecule has 1 saturated carbocycles. The first-order chi connectivity index (χ1) is 10.1. The molecule has 0 aromatic heterocycles. The number of hydrogen-bond donors (Lipinski definition) is 0. The van der Waals surface area contributed by atoms with Crippen LogP contribution in [0.1, 0.15) is 31.2 Å². The van der Waals surface area contributed by atoms with Crippen LogP contribution in [0.2, 0.25) is 0 Å². The minimum Gasteiger partial charge on any atom is -0.381 e. The van der Waals surface area contributed by atoms with Crippen molar-refractivity contribution in [2.75, 3.05) is 13.2 Å². The topological polar surface area (TPSA) is 70.4 Å². The molecule has 1 aliphatic heterocycles. The molecular formula is C15H18N2O3S. The number of hydrogen-bond acceptors (Lipinski definition) is 4. The van der Waals surface area contributed by atoms with Crippen LogP contribution in [-0.2, 0) is 14.8 Å². The molecule has 1 saturated heterocycles. The van der Waals surface area contributed by atoms with E-state index < -0.39 is 10.0 Å². The Labute approximate surface area is 125 Å². The predicted molar refractivity (Wildman–Crippen MR) is 77.0 cm³/mol. The molecule has 0 atom stereocenters. The summed E-state index contributed by atoms with van der Waals surface area (Å²) in [5.74, 6) is 0. The summed E-state index contributed by atoms with van der Waals surface area (Å²) in [4.78, 5) is 0.130. The lowest BCUT2D eigenvalue weighted by atomic mass is 10.1. The van der Waals surface area contributed by atoms with Crippen LogP contribution in [-0.4, -0.2) is 38.0 Å². The number of sulfonamides is 1. The van der Waals surface area contributed by atoms with Crippen LogP contribution in [0.4, 0.5) is 0 Å². The molecule has 0 bridgehead atoms. The summed E-state index contributed by atoms with van der Waals surface area (Å²) in [5.41, 5.74) is 0.218. The Morgan fingerprint density at radius 2 is 1.71 bits per heavy atom. The average Bonchev–Trinajstić information content (AvgIpc) is 3.33. The monoisotopic (exact) mass is 306 g/mol. The number of nitrogens with zero attached hydrogens (tertiary/aromatic N) is 2. The molecule has 0 unspecified atom stereocenters. The van der Waals surface area contributed by atoms with Gasteiger partial charge < -0.3 is 4.74 Å². The lowest BCUT2D eigenvalue weighted by Crippen LogP contribution is -2.44. The van der Waals surface area contributed by atoms with Gasteiger partial charge in [0.15, 0.2) is 0 Å². The van der Waals surface area contributed by atoms with Crippen LogP contribution in [0, 0.1) is 11.3 Å². The van der Waals surface area contributed by atoms with Crippen LogP contribution in [0.15, 0.2) is 29.2 Å². The van der Waals surface area contributed by atoms with Crippen LogP contribution < -0.4 is 0 Å². The maximum absolute atomic E-state index is 13.0. The first kappa shape index (κ1) is 14.5. The number of nitriles is 1. The molecule has 5 nitrogen and oxygen atoms in total.